The molecule has 0 radical (unpaired) electrons. The van der Waals surface area contributed by atoms with Gasteiger partial charge in [-0.15, -0.1) is 0 Å². The summed E-state index contributed by atoms with van der Waals surface area (Å²) in [5, 5.41) is 9.35. The van der Waals surface area contributed by atoms with Gasteiger partial charge in [0, 0.05) is 0 Å². The summed E-state index contributed by atoms with van der Waals surface area (Å²) in [4.78, 5) is 11.4. The first kappa shape index (κ1) is 13.4. The predicted molar refractivity (Wildman–Crippen MR) is 69.9 cm³/mol. The van der Waals surface area contributed by atoms with E-state index in [9.17, 15) is 9.18 Å². The number of methoxy groups -OCH3 is 1. The van der Waals surface area contributed by atoms with Crippen molar-refractivity contribution in [3.63, 3.8) is 0 Å². The van der Waals surface area contributed by atoms with Gasteiger partial charge >= 0.3 is 5.97 Å². The third-order valence-electron chi connectivity index (χ3n) is 2.66. The van der Waals surface area contributed by atoms with Crippen LogP contribution >= 0.6 is 11.6 Å². The van der Waals surface area contributed by atoms with Gasteiger partial charge in [0.1, 0.15) is 0 Å². The fourth-order valence-corrected chi connectivity index (χ4v) is 1.91. The van der Waals surface area contributed by atoms with Crippen molar-refractivity contribution in [1.82, 2.24) is 0 Å². The summed E-state index contributed by atoms with van der Waals surface area (Å²) in [6.07, 6.45) is 0. The molecule has 0 saturated carbocycles. The highest BCUT2D eigenvalue weighted by atomic mass is 35.5. The lowest BCUT2D eigenvalue weighted by molar-refractivity contribution is 0.0601. The van der Waals surface area contributed by atoms with Gasteiger partial charge in [-0.2, -0.15) is 0 Å². The topological polar surface area (TPSA) is 46.5 Å². The summed E-state index contributed by atoms with van der Waals surface area (Å²) < 4.78 is 17.9. The molecule has 2 aromatic rings. The average molecular weight is 281 g/mol. The van der Waals surface area contributed by atoms with Gasteiger partial charge in [-0.25, -0.2) is 9.18 Å². The SMILES string of the molecule is COC(=O)c1ccc(-c2ccc(O)c(F)c2)cc1Cl. The second-order valence-corrected chi connectivity index (χ2v) is 4.26. The first-order valence-electron chi connectivity index (χ1n) is 5.39. The van der Waals surface area contributed by atoms with Crippen molar-refractivity contribution in [3.8, 4) is 16.9 Å². The number of carbonyl (C=O) groups excluding carboxylic acids is 1. The summed E-state index contributed by atoms with van der Waals surface area (Å²) in [7, 11) is 1.27. The Morgan fingerprint density at radius 1 is 1.21 bits per heavy atom. The number of halogens is 2. The lowest BCUT2D eigenvalue weighted by Crippen LogP contribution is -2.01. The third kappa shape index (κ3) is 2.69. The van der Waals surface area contributed by atoms with E-state index >= 15 is 0 Å². The van der Waals surface area contributed by atoms with Crippen LogP contribution in [0.25, 0.3) is 11.1 Å². The Labute approximate surface area is 114 Å². The van der Waals surface area contributed by atoms with Crippen LogP contribution in [0.2, 0.25) is 5.02 Å². The number of phenols is 1. The number of carbonyl (C=O) groups is 1. The van der Waals surface area contributed by atoms with Gasteiger partial charge < -0.3 is 9.84 Å². The minimum absolute atomic E-state index is 0.220. The number of aromatic hydroxyl groups is 1. The molecule has 0 amide bonds. The molecule has 5 heteroatoms. The summed E-state index contributed by atoms with van der Waals surface area (Å²) >= 11 is 5.98. The summed E-state index contributed by atoms with van der Waals surface area (Å²) in [5.74, 6) is -1.67. The van der Waals surface area contributed by atoms with Crippen LogP contribution < -0.4 is 0 Å². The monoisotopic (exact) mass is 280 g/mol. The van der Waals surface area contributed by atoms with Crippen LogP contribution in [0.3, 0.4) is 0 Å². The number of esters is 1. The molecule has 0 aliphatic rings. The summed E-state index contributed by atoms with van der Waals surface area (Å²) in [5.41, 5.74) is 1.43. The van der Waals surface area contributed by atoms with E-state index in [0.717, 1.165) is 0 Å². The summed E-state index contributed by atoms with van der Waals surface area (Å²) in [6.45, 7) is 0. The zero-order valence-corrected chi connectivity index (χ0v) is 10.7. The highest BCUT2D eigenvalue weighted by Gasteiger charge is 2.12. The van der Waals surface area contributed by atoms with Gasteiger partial charge in [0.25, 0.3) is 0 Å². The molecule has 0 atom stereocenters. The number of rotatable bonds is 2. The van der Waals surface area contributed by atoms with E-state index in [0.29, 0.717) is 11.1 Å². The molecule has 0 saturated heterocycles. The quantitative estimate of drug-likeness (QED) is 0.854. The minimum Gasteiger partial charge on any atom is -0.505 e. The maximum absolute atomic E-state index is 13.3. The van der Waals surface area contributed by atoms with Crippen molar-refractivity contribution in [1.29, 1.82) is 0 Å². The van der Waals surface area contributed by atoms with Crippen LogP contribution in [0.5, 0.6) is 5.75 Å². The highest BCUT2D eigenvalue weighted by Crippen LogP contribution is 2.28. The molecule has 0 aliphatic carbocycles. The molecule has 0 unspecified atom stereocenters. The molecular weight excluding hydrogens is 271 g/mol. The van der Waals surface area contributed by atoms with Gasteiger partial charge in [-0.05, 0) is 35.4 Å². The molecule has 0 spiro atoms. The number of hydrogen-bond acceptors (Lipinski definition) is 3. The first-order valence-corrected chi connectivity index (χ1v) is 5.77. The normalized spacial score (nSPS) is 10.3. The van der Waals surface area contributed by atoms with Crippen molar-refractivity contribution >= 4 is 17.6 Å². The van der Waals surface area contributed by atoms with Gasteiger partial charge in [0.2, 0.25) is 0 Å². The van der Waals surface area contributed by atoms with E-state index in [4.69, 9.17) is 16.7 Å². The maximum atomic E-state index is 13.3. The molecule has 98 valence electrons. The average Bonchev–Trinajstić information content (AvgIpc) is 2.41. The second-order valence-electron chi connectivity index (χ2n) is 3.85. The molecule has 0 fully saturated rings. The number of phenolic OH excluding ortho intramolecular Hbond substituents is 1. The molecular formula is C14H10ClFO3. The Kier molecular flexibility index (Phi) is 3.71. The highest BCUT2D eigenvalue weighted by molar-refractivity contribution is 6.33. The number of ether oxygens (including phenoxy) is 1. The van der Waals surface area contributed by atoms with Crippen molar-refractivity contribution in [3.05, 3.63) is 52.8 Å². The van der Waals surface area contributed by atoms with E-state index in [2.05, 4.69) is 4.74 Å². The molecule has 0 aromatic heterocycles. The van der Waals surface area contributed by atoms with Gasteiger partial charge in [-0.3, -0.25) is 0 Å². The number of benzene rings is 2. The van der Waals surface area contributed by atoms with Crippen LogP contribution in [-0.2, 0) is 4.74 Å². The zero-order chi connectivity index (χ0) is 14.0. The Hall–Kier alpha value is -2.07. The minimum atomic E-state index is -0.717. The third-order valence-corrected chi connectivity index (χ3v) is 2.97. The van der Waals surface area contributed by atoms with Crippen molar-refractivity contribution in [2.24, 2.45) is 0 Å². The van der Waals surface area contributed by atoms with Crippen molar-refractivity contribution in [2.45, 2.75) is 0 Å². The lowest BCUT2D eigenvalue weighted by Gasteiger charge is -2.06. The lowest BCUT2D eigenvalue weighted by atomic mass is 10.0. The predicted octanol–water partition coefficient (Wildman–Crippen LogP) is 3.64. The fraction of sp³-hybridized carbons (Fsp3) is 0.0714. The van der Waals surface area contributed by atoms with Gasteiger partial charge in [0.05, 0.1) is 17.7 Å². The molecule has 2 rings (SSSR count). The molecule has 0 heterocycles. The van der Waals surface area contributed by atoms with Gasteiger partial charge in [0.15, 0.2) is 11.6 Å². The van der Waals surface area contributed by atoms with Crippen LogP contribution in [0, 0.1) is 5.82 Å². The number of hydrogen-bond donors (Lipinski definition) is 1. The van der Waals surface area contributed by atoms with E-state index in [1.165, 1.54) is 25.3 Å². The molecule has 19 heavy (non-hydrogen) atoms. The van der Waals surface area contributed by atoms with E-state index in [1.54, 1.807) is 18.2 Å². The second kappa shape index (κ2) is 5.28. The molecule has 2 aromatic carbocycles. The standard InChI is InChI=1S/C14H10ClFO3/c1-19-14(18)10-4-2-8(6-11(10)15)9-3-5-13(17)12(16)7-9/h2-7,17H,1H3. The molecule has 3 nitrogen and oxygen atoms in total. The van der Waals surface area contributed by atoms with E-state index < -0.39 is 17.5 Å². The van der Waals surface area contributed by atoms with Crippen LogP contribution in [-0.4, -0.2) is 18.2 Å². The fourth-order valence-electron chi connectivity index (χ4n) is 1.66. The summed E-state index contributed by atoms with van der Waals surface area (Å²) in [6, 6.07) is 8.69. The largest absolute Gasteiger partial charge is 0.505 e. The van der Waals surface area contributed by atoms with Crippen LogP contribution in [0.1, 0.15) is 10.4 Å². The molecule has 0 aliphatic heterocycles. The Balaban J connectivity index is 2.44. The Morgan fingerprint density at radius 2 is 1.84 bits per heavy atom. The first-order chi connectivity index (χ1) is 9.02. The van der Waals surface area contributed by atoms with E-state index in [-0.39, 0.29) is 10.6 Å². The Bertz CT molecular complexity index is 641. The van der Waals surface area contributed by atoms with Crippen LogP contribution in [0.15, 0.2) is 36.4 Å². The Morgan fingerprint density at radius 3 is 2.42 bits per heavy atom. The van der Waals surface area contributed by atoms with Crippen LogP contribution in [0.4, 0.5) is 4.39 Å². The van der Waals surface area contributed by atoms with Crippen molar-refractivity contribution in [2.75, 3.05) is 7.11 Å². The smallest absolute Gasteiger partial charge is 0.339 e. The van der Waals surface area contributed by atoms with E-state index in [1.807, 2.05) is 0 Å². The van der Waals surface area contributed by atoms with Crippen molar-refractivity contribution < 1.29 is 19.0 Å². The molecule has 1 N–H and O–H groups in total. The molecule has 0 bridgehead atoms. The maximum Gasteiger partial charge on any atom is 0.339 e. The zero-order valence-electron chi connectivity index (χ0n) is 9.98. The van der Waals surface area contributed by atoms with Gasteiger partial charge in [-0.1, -0.05) is 23.7 Å².